The van der Waals surface area contributed by atoms with Gasteiger partial charge < -0.3 is 4.74 Å². The molecule has 0 atom stereocenters. The van der Waals surface area contributed by atoms with Gasteiger partial charge in [0.25, 0.3) is 0 Å². The zero-order valence-electron chi connectivity index (χ0n) is 11.8. The minimum absolute atomic E-state index is 0.867. The smallest absolute Gasteiger partial charge is 0.127 e. The van der Waals surface area contributed by atoms with Crippen molar-refractivity contribution in [3.63, 3.8) is 0 Å². The lowest BCUT2D eigenvalue weighted by atomic mass is 10.1. The van der Waals surface area contributed by atoms with Crippen molar-refractivity contribution in [3.05, 3.63) is 91.1 Å². The summed E-state index contributed by atoms with van der Waals surface area (Å²) in [6.07, 6.45) is 0.917. The fourth-order valence-electron chi connectivity index (χ4n) is 2.20. The molecular formula is C19H14I2O. The molecule has 3 aromatic carbocycles. The second-order valence-electron chi connectivity index (χ2n) is 5.01. The molecular weight excluding hydrogens is 498 g/mol. The van der Waals surface area contributed by atoms with Gasteiger partial charge in [-0.2, -0.15) is 0 Å². The van der Waals surface area contributed by atoms with Gasteiger partial charge in [-0.3, -0.25) is 0 Å². The van der Waals surface area contributed by atoms with Crippen molar-refractivity contribution in [3.8, 4) is 11.5 Å². The van der Waals surface area contributed by atoms with Crippen molar-refractivity contribution < 1.29 is 4.74 Å². The highest BCUT2D eigenvalue weighted by atomic mass is 127. The summed E-state index contributed by atoms with van der Waals surface area (Å²) in [7, 11) is 0. The molecule has 110 valence electrons. The van der Waals surface area contributed by atoms with Crippen molar-refractivity contribution in [1.29, 1.82) is 0 Å². The van der Waals surface area contributed by atoms with Crippen LogP contribution in [-0.2, 0) is 6.42 Å². The van der Waals surface area contributed by atoms with Crippen molar-refractivity contribution in [2.24, 2.45) is 0 Å². The Bertz CT molecular complexity index is 686. The van der Waals surface area contributed by atoms with Crippen LogP contribution in [0.3, 0.4) is 0 Å². The van der Waals surface area contributed by atoms with Gasteiger partial charge in [0.1, 0.15) is 11.5 Å². The van der Waals surface area contributed by atoms with E-state index in [-0.39, 0.29) is 0 Å². The standard InChI is InChI=1S/C19H14I2O/c20-16-6-4-14(5-7-16)12-15-2-1-3-19(13-15)22-18-10-8-17(21)9-11-18/h1-11,13H,12H2. The van der Waals surface area contributed by atoms with Gasteiger partial charge in [0.15, 0.2) is 0 Å². The minimum Gasteiger partial charge on any atom is -0.457 e. The van der Waals surface area contributed by atoms with E-state index in [1.165, 1.54) is 18.3 Å². The second kappa shape index (κ2) is 7.46. The Morgan fingerprint density at radius 3 is 1.95 bits per heavy atom. The van der Waals surface area contributed by atoms with E-state index in [0.29, 0.717) is 0 Å². The van der Waals surface area contributed by atoms with E-state index in [1.807, 2.05) is 36.4 Å². The number of benzene rings is 3. The molecule has 0 bridgehead atoms. The lowest BCUT2D eigenvalue weighted by molar-refractivity contribution is 0.482. The molecule has 0 saturated heterocycles. The molecule has 0 heterocycles. The molecule has 3 aromatic rings. The maximum absolute atomic E-state index is 5.93. The minimum atomic E-state index is 0.867. The SMILES string of the molecule is Ic1ccc(Cc2cccc(Oc3ccc(I)cc3)c2)cc1. The van der Waals surface area contributed by atoms with Gasteiger partial charge >= 0.3 is 0 Å². The Hall–Kier alpha value is -1.08. The first-order valence-electron chi connectivity index (χ1n) is 6.96. The summed E-state index contributed by atoms with van der Waals surface area (Å²) in [4.78, 5) is 0. The zero-order chi connectivity index (χ0) is 15.4. The molecule has 0 aliphatic rings. The average Bonchev–Trinajstić information content (AvgIpc) is 2.52. The van der Waals surface area contributed by atoms with Crippen LogP contribution in [0.25, 0.3) is 0 Å². The predicted octanol–water partition coefficient (Wildman–Crippen LogP) is 6.28. The molecule has 0 fully saturated rings. The van der Waals surface area contributed by atoms with E-state index < -0.39 is 0 Å². The second-order valence-corrected chi connectivity index (χ2v) is 7.50. The van der Waals surface area contributed by atoms with E-state index in [9.17, 15) is 0 Å². The molecule has 0 spiro atoms. The predicted molar refractivity (Wildman–Crippen MR) is 108 cm³/mol. The Morgan fingerprint density at radius 1 is 0.636 bits per heavy atom. The highest BCUT2D eigenvalue weighted by molar-refractivity contribution is 14.1. The Kier molecular flexibility index (Phi) is 5.36. The maximum atomic E-state index is 5.93. The number of ether oxygens (including phenoxy) is 1. The molecule has 0 saturated carbocycles. The van der Waals surface area contributed by atoms with Crippen LogP contribution in [0, 0.1) is 7.14 Å². The van der Waals surface area contributed by atoms with Crippen LogP contribution >= 0.6 is 45.2 Å². The van der Waals surface area contributed by atoms with Crippen molar-refractivity contribution >= 4 is 45.2 Å². The average molecular weight is 512 g/mol. The maximum Gasteiger partial charge on any atom is 0.127 e. The largest absolute Gasteiger partial charge is 0.457 e. The highest BCUT2D eigenvalue weighted by Crippen LogP contribution is 2.24. The first kappa shape index (κ1) is 15.8. The number of hydrogen-bond donors (Lipinski definition) is 0. The third-order valence-corrected chi connectivity index (χ3v) is 4.71. The molecule has 1 nitrogen and oxygen atoms in total. The fourth-order valence-corrected chi connectivity index (χ4v) is 2.91. The molecule has 3 rings (SSSR count). The van der Waals surface area contributed by atoms with Gasteiger partial charge in [0, 0.05) is 7.14 Å². The van der Waals surface area contributed by atoms with Crippen LogP contribution in [-0.4, -0.2) is 0 Å². The number of hydrogen-bond acceptors (Lipinski definition) is 1. The van der Waals surface area contributed by atoms with Crippen molar-refractivity contribution in [2.45, 2.75) is 6.42 Å². The van der Waals surface area contributed by atoms with Gasteiger partial charge in [-0.1, -0.05) is 24.3 Å². The van der Waals surface area contributed by atoms with E-state index in [4.69, 9.17) is 4.74 Å². The summed E-state index contributed by atoms with van der Waals surface area (Å²) in [6, 6.07) is 25.0. The molecule has 0 radical (unpaired) electrons. The third-order valence-electron chi connectivity index (χ3n) is 3.27. The van der Waals surface area contributed by atoms with E-state index in [2.05, 4.69) is 81.6 Å². The van der Waals surface area contributed by atoms with Crippen LogP contribution in [0.5, 0.6) is 11.5 Å². The van der Waals surface area contributed by atoms with Gasteiger partial charge in [-0.25, -0.2) is 0 Å². The van der Waals surface area contributed by atoms with Gasteiger partial charge in [-0.05, 0) is 111 Å². The summed E-state index contributed by atoms with van der Waals surface area (Å²) in [6.45, 7) is 0. The van der Waals surface area contributed by atoms with Crippen molar-refractivity contribution in [1.82, 2.24) is 0 Å². The molecule has 0 N–H and O–H groups in total. The van der Waals surface area contributed by atoms with Gasteiger partial charge in [0.2, 0.25) is 0 Å². The summed E-state index contributed by atoms with van der Waals surface area (Å²) < 4.78 is 8.39. The Morgan fingerprint density at radius 2 is 1.27 bits per heavy atom. The molecule has 0 amide bonds. The summed E-state index contributed by atoms with van der Waals surface area (Å²) in [5, 5.41) is 0. The highest BCUT2D eigenvalue weighted by Gasteiger charge is 2.01. The van der Waals surface area contributed by atoms with Crippen LogP contribution in [0.1, 0.15) is 11.1 Å². The first-order valence-corrected chi connectivity index (χ1v) is 9.11. The van der Waals surface area contributed by atoms with E-state index in [0.717, 1.165) is 17.9 Å². The molecule has 0 aliphatic heterocycles. The lowest BCUT2D eigenvalue weighted by Crippen LogP contribution is -1.90. The Balaban J connectivity index is 1.74. The van der Waals surface area contributed by atoms with Crippen LogP contribution in [0.15, 0.2) is 72.8 Å². The van der Waals surface area contributed by atoms with E-state index >= 15 is 0 Å². The number of rotatable bonds is 4. The molecule has 0 aliphatic carbocycles. The summed E-state index contributed by atoms with van der Waals surface area (Å²) in [5.41, 5.74) is 2.57. The lowest BCUT2D eigenvalue weighted by Gasteiger charge is -2.08. The van der Waals surface area contributed by atoms with Crippen LogP contribution in [0.4, 0.5) is 0 Å². The molecule has 3 heteroatoms. The topological polar surface area (TPSA) is 9.23 Å². The fraction of sp³-hybridized carbons (Fsp3) is 0.0526. The molecule has 22 heavy (non-hydrogen) atoms. The van der Waals surface area contributed by atoms with Crippen LogP contribution < -0.4 is 4.74 Å². The van der Waals surface area contributed by atoms with Gasteiger partial charge in [-0.15, -0.1) is 0 Å². The Labute approximate surface area is 158 Å². The van der Waals surface area contributed by atoms with Crippen LogP contribution in [0.2, 0.25) is 0 Å². The third kappa shape index (κ3) is 4.46. The monoisotopic (exact) mass is 512 g/mol. The molecule has 0 unspecified atom stereocenters. The molecule has 0 aromatic heterocycles. The first-order chi connectivity index (χ1) is 10.7. The summed E-state index contributed by atoms with van der Waals surface area (Å²) >= 11 is 4.62. The zero-order valence-corrected chi connectivity index (χ0v) is 16.1. The quantitative estimate of drug-likeness (QED) is 0.375. The van der Waals surface area contributed by atoms with Crippen molar-refractivity contribution in [2.75, 3.05) is 0 Å². The normalized spacial score (nSPS) is 10.5. The number of halogens is 2. The summed E-state index contributed by atoms with van der Waals surface area (Å²) in [5.74, 6) is 1.75. The van der Waals surface area contributed by atoms with Gasteiger partial charge in [0.05, 0.1) is 0 Å². The van der Waals surface area contributed by atoms with E-state index in [1.54, 1.807) is 0 Å².